The molecular weight excluding hydrogens is 198 g/mol. The molecule has 0 spiro atoms. The molecule has 0 atom stereocenters. The maximum absolute atomic E-state index is 9.77. The van der Waals surface area contributed by atoms with Crippen molar-refractivity contribution in [2.45, 2.75) is 0 Å². The minimum absolute atomic E-state index is 0.218. The fraction of sp³-hybridized carbons (Fsp3) is 0. The summed E-state index contributed by atoms with van der Waals surface area (Å²) in [5.74, 6) is 0.104. The molecule has 0 aliphatic carbocycles. The fourth-order valence-electron chi connectivity index (χ4n) is 0.802. The van der Waals surface area contributed by atoms with Crippen LogP contribution in [0.15, 0.2) is 53.1 Å². The zero-order valence-corrected chi connectivity index (χ0v) is 7.74. The Hall–Kier alpha value is -2.30. The van der Waals surface area contributed by atoms with Crippen molar-refractivity contribution in [3.63, 3.8) is 0 Å². The highest BCUT2D eigenvalue weighted by atomic mass is 16.6. The lowest BCUT2D eigenvalue weighted by molar-refractivity contribution is -0.402. The molecule has 0 amide bonds. The minimum Gasteiger partial charge on any atom is -0.508 e. The Bertz CT molecular complexity index is 397. The van der Waals surface area contributed by atoms with Gasteiger partial charge in [0.2, 0.25) is 0 Å². The Morgan fingerprint density at radius 1 is 1.13 bits per heavy atom. The quantitative estimate of drug-likeness (QED) is 0.575. The van der Waals surface area contributed by atoms with Crippen LogP contribution in [0.1, 0.15) is 0 Å². The average Bonchev–Trinajstić information content (AvgIpc) is 2.72. The van der Waals surface area contributed by atoms with Gasteiger partial charge in [0.1, 0.15) is 10.7 Å². The third-order valence-electron chi connectivity index (χ3n) is 1.44. The van der Waals surface area contributed by atoms with Crippen LogP contribution >= 0.6 is 0 Å². The molecule has 0 saturated heterocycles. The number of rotatable bonds is 1. The van der Waals surface area contributed by atoms with Crippen molar-refractivity contribution in [1.82, 2.24) is 0 Å². The third-order valence-corrected chi connectivity index (χ3v) is 1.44. The largest absolute Gasteiger partial charge is 0.508 e. The highest BCUT2D eigenvalue weighted by Gasteiger charge is 2.04. The number of phenols is 1. The molecule has 0 bridgehead atoms. The van der Waals surface area contributed by atoms with E-state index in [1.54, 1.807) is 24.3 Å². The molecule has 2 rings (SSSR count). The first-order valence-electron chi connectivity index (χ1n) is 4.12. The van der Waals surface area contributed by atoms with Crippen LogP contribution in [-0.4, -0.2) is 10.0 Å². The summed E-state index contributed by atoms with van der Waals surface area (Å²) in [6.07, 6.45) is 1.26. The third kappa shape index (κ3) is 3.95. The van der Waals surface area contributed by atoms with Crippen LogP contribution in [0.5, 0.6) is 5.75 Å². The summed E-state index contributed by atoms with van der Waals surface area (Å²) in [4.78, 5) is 9.19. The Morgan fingerprint density at radius 3 is 2.07 bits per heavy atom. The van der Waals surface area contributed by atoms with E-state index < -0.39 is 4.92 Å². The molecule has 5 nitrogen and oxygen atoms in total. The zero-order chi connectivity index (χ0) is 11.1. The molecule has 1 heterocycles. The minimum atomic E-state index is -0.583. The average molecular weight is 207 g/mol. The molecule has 0 unspecified atom stereocenters. The first kappa shape index (κ1) is 10.8. The van der Waals surface area contributed by atoms with E-state index in [-0.39, 0.29) is 5.88 Å². The molecule has 0 saturated carbocycles. The summed E-state index contributed by atoms with van der Waals surface area (Å²) in [7, 11) is 0. The van der Waals surface area contributed by atoms with E-state index in [1.807, 2.05) is 6.07 Å². The van der Waals surface area contributed by atoms with Gasteiger partial charge < -0.3 is 9.52 Å². The molecule has 15 heavy (non-hydrogen) atoms. The van der Waals surface area contributed by atoms with Gasteiger partial charge in [0, 0.05) is 0 Å². The second kappa shape index (κ2) is 5.43. The van der Waals surface area contributed by atoms with Crippen molar-refractivity contribution < 1.29 is 14.4 Å². The second-order valence-electron chi connectivity index (χ2n) is 2.54. The van der Waals surface area contributed by atoms with Crippen LogP contribution in [0.4, 0.5) is 5.88 Å². The van der Waals surface area contributed by atoms with Crippen molar-refractivity contribution in [2.75, 3.05) is 0 Å². The monoisotopic (exact) mass is 207 g/mol. The molecule has 0 fully saturated rings. The number of para-hydroxylation sites is 1. The van der Waals surface area contributed by atoms with E-state index in [1.165, 1.54) is 18.4 Å². The van der Waals surface area contributed by atoms with Crippen LogP contribution in [0.2, 0.25) is 0 Å². The standard InChI is InChI=1S/C6H6O.C4H3NO3/c7-6-4-2-1-3-5-6;6-5(7)4-2-1-3-8-4/h1-5,7H;1-3H. The molecule has 1 aromatic heterocycles. The predicted molar refractivity (Wildman–Crippen MR) is 53.5 cm³/mol. The lowest BCUT2D eigenvalue weighted by Gasteiger charge is -1.82. The first-order chi connectivity index (χ1) is 7.20. The van der Waals surface area contributed by atoms with Gasteiger partial charge in [-0.3, -0.25) is 10.1 Å². The van der Waals surface area contributed by atoms with Crippen molar-refractivity contribution in [1.29, 1.82) is 0 Å². The lowest BCUT2D eigenvalue weighted by atomic mass is 10.3. The maximum Gasteiger partial charge on any atom is 0.432 e. The van der Waals surface area contributed by atoms with E-state index in [4.69, 9.17) is 5.11 Å². The van der Waals surface area contributed by atoms with E-state index in [0.29, 0.717) is 5.75 Å². The van der Waals surface area contributed by atoms with E-state index in [9.17, 15) is 10.1 Å². The van der Waals surface area contributed by atoms with Crippen LogP contribution in [-0.2, 0) is 0 Å². The second-order valence-corrected chi connectivity index (χ2v) is 2.54. The molecule has 1 N–H and O–H groups in total. The summed E-state index contributed by atoms with van der Waals surface area (Å²) >= 11 is 0. The van der Waals surface area contributed by atoms with Crippen molar-refractivity contribution in [2.24, 2.45) is 0 Å². The summed E-state index contributed by atoms with van der Waals surface area (Å²) < 4.78 is 4.40. The number of furan rings is 1. The van der Waals surface area contributed by atoms with Crippen molar-refractivity contribution in [3.8, 4) is 5.75 Å². The lowest BCUT2D eigenvalue weighted by Crippen LogP contribution is -1.81. The van der Waals surface area contributed by atoms with Gasteiger partial charge in [0.25, 0.3) is 0 Å². The molecular formula is C10H9NO4. The Balaban J connectivity index is 0.000000151. The number of benzene rings is 1. The van der Waals surface area contributed by atoms with Gasteiger partial charge in [0.05, 0.1) is 12.3 Å². The van der Waals surface area contributed by atoms with Gasteiger partial charge in [0.15, 0.2) is 0 Å². The van der Waals surface area contributed by atoms with Crippen LogP contribution in [0.25, 0.3) is 0 Å². The topological polar surface area (TPSA) is 76.5 Å². The highest BCUT2D eigenvalue weighted by molar-refractivity contribution is 5.18. The van der Waals surface area contributed by atoms with Crippen LogP contribution in [0.3, 0.4) is 0 Å². The molecule has 0 aliphatic heterocycles. The number of nitro groups is 1. The number of hydrogen-bond acceptors (Lipinski definition) is 4. The molecule has 0 radical (unpaired) electrons. The Kier molecular flexibility index (Phi) is 3.91. The van der Waals surface area contributed by atoms with Crippen molar-refractivity contribution >= 4 is 5.88 Å². The first-order valence-corrected chi connectivity index (χ1v) is 4.12. The summed E-state index contributed by atoms with van der Waals surface area (Å²) in [6, 6.07) is 11.5. The molecule has 78 valence electrons. The van der Waals surface area contributed by atoms with E-state index in [0.717, 1.165) is 0 Å². The summed E-state index contributed by atoms with van der Waals surface area (Å²) in [5, 5.41) is 18.4. The zero-order valence-electron chi connectivity index (χ0n) is 7.74. The maximum atomic E-state index is 9.77. The van der Waals surface area contributed by atoms with Crippen LogP contribution < -0.4 is 0 Å². The summed E-state index contributed by atoms with van der Waals surface area (Å²) in [5.41, 5.74) is 0. The van der Waals surface area contributed by atoms with Gasteiger partial charge in [-0.2, -0.15) is 0 Å². The number of hydrogen-bond donors (Lipinski definition) is 1. The predicted octanol–water partition coefficient (Wildman–Crippen LogP) is 2.58. The van der Waals surface area contributed by atoms with Crippen LogP contribution in [0, 0.1) is 10.1 Å². The Labute approximate surface area is 85.7 Å². The van der Waals surface area contributed by atoms with Gasteiger partial charge in [-0.25, -0.2) is 0 Å². The van der Waals surface area contributed by atoms with Gasteiger partial charge in [-0.1, -0.05) is 18.2 Å². The SMILES string of the molecule is O=[N+]([O-])c1ccco1.Oc1ccccc1. The Morgan fingerprint density at radius 2 is 1.80 bits per heavy atom. The van der Waals surface area contributed by atoms with Crippen molar-refractivity contribution in [3.05, 3.63) is 58.8 Å². The molecule has 1 aromatic carbocycles. The number of aromatic hydroxyl groups is 1. The normalized spacial score (nSPS) is 8.80. The molecule has 5 heteroatoms. The summed E-state index contributed by atoms with van der Waals surface area (Å²) in [6.45, 7) is 0. The van der Waals surface area contributed by atoms with E-state index in [2.05, 4.69) is 4.42 Å². The highest BCUT2D eigenvalue weighted by Crippen LogP contribution is 2.08. The van der Waals surface area contributed by atoms with Gasteiger partial charge in [-0.15, -0.1) is 0 Å². The molecule has 0 aliphatic rings. The fourth-order valence-corrected chi connectivity index (χ4v) is 0.802. The molecule has 2 aromatic rings. The smallest absolute Gasteiger partial charge is 0.432 e. The number of phenolic OH excluding ortho intramolecular Hbond substituents is 1. The van der Waals surface area contributed by atoms with Gasteiger partial charge in [-0.05, 0) is 18.2 Å². The van der Waals surface area contributed by atoms with Gasteiger partial charge >= 0.3 is 5.88 Å². The van der Waals surface area contributed by atoms with E-state index >= 15 is 0 Å². The number of nitrogens with zero attached hydrogens (tertiary/aromatic N) is 1.